The van der Waals surface area contributed by atoms with Gasteiger partial charge >= 0.3 is 12.1 Å². The van der Waals surface area contributed by atoms with E-state index in [1.807, 2.05) is 19.1 Å². The van der Waals surface area contributed by atoms with Crippen LogP contribution in [-0.4, -0.2) is 18.8 Å². The zero-order valence-corrected chi connectivity index (χ0v) is 13.7. The minimum Gasteiger partial charge on any atom is -0.463 e. The van der Waals surface area contributed by atoms with Gasteiger partial charge in [0.2, 0.25) is 5.76 Å². The van der Waals surface area contributed by atoms with Crippen molar-refractivity contribution in [3.8, 4) is 0 Å². The molecule has 0 bridgehead atoms. The third kappa shape index (κ3) is 4.19. The number of hydrogen-bond acceptors (Lipinski definition) is 3. The SMILES string of the molecule is CCOC(=O)/C=C1/C[C@H](c2ccc(C)cc2)C(C)=C(C(F)(F)F)O1. The predicted molar refractivity (Wildman–Crippen MR) is 83.1 cm³/mol. The Balaban J connectivity index is 2.44. The van der Waals surface area contributed by atoms with E-state index in [1.165, 1.54) is 6.92 Å². The van der Waals surface area contributed by atoms with Gasteiger partial charge in [-0.05, 0) is 31.9 Å². The highest BCUT2D eigenvalue weighted by Crippen LogP contribution is 2.44. The van der Waals surface area contributed by atoms with Crippen LogP contribution in [0, 0.1) is 6.92 Å². The van der Waals surface area contributed by atoms with Crippen molar-refractivity contribution < 1.29 is 27.4 Å². The van der Waals surface area contributed by atoms with Crippen LogP contribution in [0.1, 0.15) is 37.3 Å². The van der Waals surface area contributed by atoms with Crippen LogP contribution in [0.15, 0.2) is 47.4 Å². The standard InChI is InChI=1S/C18H19F3O3/c1-4-23-16(22)10-14-9-15(13-7-5-11(2)6-8-13)12(3)17(24-14)18(19,20)21/h5-8,10,15H,4,9H2,1-3H3/b14-10-/t15-/m0/s1. The van der Waals surface area contributed by atoms with Crippen molar-refractivity contribution >= 4 is 5.97 Å². The maximum atomic E-state index is 13.3. The molecular weight excluding hydrogens is 321 g/mol. The first kappa shape index (κ1) is 18.1. The first-order chi connectivity index (χ1) is 11.2. The van der Waals surface area contributed by atoms with E-state index >= 15 is 0 Å². The molecule has 130 valence electrons. The molecule has 0 unspecified atom stereocenters. The van der Waals surface area contributed by atoms with E-state index in [0.29, 0.717) is 0 Å². The van der Waals surface area contributed by atoms with E-state index < -0.39 is 23.8 Å². The van der Waals surface area contributed by atoms with Crippen molar-refractivity contribution in [1.29, 1.82) is 0 Å². The molecule has 0 amide bonds. The zero-order chi connectivity index (χ0) is 17.9. The van der Waals surface area contributed by atoms with Gasteiger partial charge in [0.25, 0.3) is 0 Å². The van der Waals surface area contributed by atoms with Gasteiger partial charge in [0.05, 0.1) is 12.7 Å². The number of carbonyl (C=O) groups excluding carboxylic acids is 1. The van der Waals surface area contributed by atoms with Crippen LogP contribution in [0.4, 0.5) is 13.2 Å². The van der Waals surface area contributed by atoms with Crippen LogP contribution >= 0.6 is 0 Å². The van der Waals surface area contributed by atoms with Crippen LogP contribution in [0.5, 0.6) is 0 Å². The number of ether oxygens (including phenoxy) is 2. The van der Waals surface area contributed by atoms with Gasteiger partial charge in [-0.25, -0.2) is 4.79 Å². The maximum absolute atomic E-state index is 13.3. The van der Waals surface area contributed by atoms with Gasteiger partial charge < -0.3 is 9.47 Å². The van der Waals surface area contributed by atoms with Gasteiger partial charge in [-0.2, -0.15) is 13.2 Å². The second-order valence-corrected chi connectivity index (χ2v) is 5.64. The first-order valence-corrected chi connectivity index (χ1v) is 7.62. The highest BCUT2D eigenvalue weighted by Gasteiger charge is 2.42. The Morgan fingerprint density at radius 1 is 1.29 bits per heavy atom. The summed E-state index contributed by atoms with van der Waals surface area (Å²) in [6.07, 6.45) is -3.46. The Bertz CT molecular complexity index is 670. The molecule has 0 aliphatic carbocycles. The molecule has 1 aliphatic heterocycles. The lowest BCUT2D eigenvalue weighted by Crippen LogP contribution is -2.24. The normalized spacial score (nSPS) is 20.1. The molecule has 0 radical (unpaired) electrons. The molecule has 0 saturated carbocycles. The summed E-state index contributed by atoms with van der Waals surface area (Å²) < 4.78 is 49.6. The summed E-state index contributed by atoms with van der Waals surface area (Å²) >= 11 is 0. The smallest absolute Gasteiger partial charge is 0.449 e. The number of halogens is 3. The van der Waals surface area contributed by atoms with Crippen molar-refractivity contribution in [2.45, 2.75) is 39.3 Å². The maximum Gasteiger partial charge on any atom is 0.449 e. The molecule has 0 aromatic heterocycles. The van der Waals surface area contributed by atoms with Gasteiger partial charge in [0.1, 0.15) is 5.76 Å². The van der Waals surface area contributed by atoms with E-state index in [4.69, 9.17) is 9.47 Å². The monoisotopic (exact) mass is 340 g/mol. The van der Waals surface area contributed by atoms with Crippen LogP contribution < -0.4 is 0 Å². The lowest BCUT2D eigenvalue weighted by Gasteiger charge is -2.29. The summed E-state index contributed by atoms with van der Waals surface area (Å²) in [5.74, 6) is -2.32. The number of alkyl halides is 3. The molecular formula is C18H19F3O3. The molecule has 0 spiro atoms. The van der Waals surface area contributed by atoms with E-state index in [9.17, 15) is 18.0 Å². The Kier molecular flexibility index (Phi) is 5.36. The number of aryl methyl sites for hydroxylation is 1. The van der Waals surface area contributed by atoms with E-state index in [0.717, 1.165) is 17.2 Å². The van der Waals surface area contributed by atoms with Crippen LogP contribution in [-0.2, 0) is 14.3 Å². The zero-order valence-electron chi connectivity index (χ0n) is 13.7. The summed E-state index contributed by atoms with van der Waals surface area (Å²) in [6, 6.07) is 7.29. The van der Waals surface area contributed by atoms with Crippen molar-refractivity contribution in [2.75, 3.05) is 6.61 Å². The largest absolute Gasteiger partial charge is 0.463 e. The number of carbonyl (C=O) groups is 1. The molecule has 1 aromatic rings. The predicted octanol–water partition coefficient (Wildman–Crippen LogP) is 4.78. The Morgan fingerprint density at radius 3 is 2.46 bits per heavy atom. The number of benzene rings is 1. The fourth-order valence-corrected chi connectivity index (χ4v) is 2.62. The molecule has 24 heavy (non-hydrogen) atoms. The fraction of sp³-hybridized carbons (Fsp3) is 0.389. The molecule has 2 rings (SSSR count). The molecule has 0 fully saturated rings. The van der Waals surface area contributed by atoms with E-state index in [2.05, 4.69) is 0 Å². The molecule has 6 heteroatoms. The number of rotatable bonds is 3. The third-order valence-electron chi connectivity index (χ3n) is 3.82. The van der Waals surface area contributed by atoms with Crippen molar-refractivity contribution in [2.24, 2.45) is 0 Å². The summed E-state index contributed by atoms with van der Waals surface area (Å²) in [7, 11) is 0. The highest BCUT2D eigenvalue weighted by atomic mass is 19.4. The van der Waals surface area contributed by atoms with Gasteiger partial charge in [-0.3, -0.25) is 0 Å². The second kappa shape index (κ2) is 7.11. The van der Waals surface area contributed by atoms with Gasteiger partial charge in [0.15, 0.2) is 0 Å². The fourth-order valence-electron chi connectivity index (χ4n) is 2.62. The molecule has 1 heterocycles. The summed E-state index contributed by atoms with van der Waals surface area (Å²) in [5.41, 5.74) is 1.87. The summed E-state index contributed by atoms with van der Waals surface area (Å²) in [4.78, 5) is 11.6. The molecule has 1 aromatic carbocycles. The minimum absolute atomic E-state index is 0.0445. The van der Waals surface area contributed by atoms with Gasteiger partial charge in [-0.15, -0.1) is 0 Å². The summed E-state index contributed by atoms with van der Waals surface area (Å²) in [6.45, 7) is 5.08. The molecule has 0 N–H and O–H groups in total. The third-order valence-corrected chi connectivity index (χ3v) is 3.82. The van der Waals surface area contributed by atoms with Crippen LogP contribution in [0.25, 0.3) is 0 Å². The van der Waals surface area contributed by atoms with Crippen molar-refractivity contribution in [1.82, 2.24) is 0 Å². The highest BCUT2D eigenvalue weighted by molar-refractivity contribution is 5.82. The van der Waals surface area contributed by atoms with Gasteiger partial charge in [-0.1, -0.05) is 29.8 Å². The Hall–Kier alpha value is -2.24. The number of hydrogen-bond donors (Lipinski definition) is 0. The molecule has 0 saturated heterocycles. The van der Waals surface area contributed by atoms with Gasteiger partial charge in [0, 0.05) is 12.3 Å². The second-order valence-electron chi connectivity index (χ2n) is 5.64. The lowest BCUT2D eigenvalue weighted by atomic mass is 9.85. The Morgan fingerprint density at radius 2 is 1.92 bits per heavy atom. The minimum atomic E-state index is -4.62. The Labute approximate surface area is 138 Å². The first-order valence-electron chi connectivity index (χ1n) is 7.62. The quantitative estimate of drug-likeness (QED) is 0.587. The number of esters is 1. The molecule has 1 atom stereocenters. The van der Waals surface area contributed by atoms with Crippen molar-refractivity contribution in [3.05, 3.63) is 58.6 Å². The number of allylic oxidation sites excluding steroid dienone is 3. The molecule has 3 nitrogen and oxygen atoms in total. The molecule has 1 aliphatic rings. The lowest BCUT2D eigenvalue weighted by molar-refractivity contribution is -0.138. The topological polar surface area (TPSA) is 35.5 Å². The van der Waals surface area contributed by atoms with Crippen LogP contribution in [0.3, 0.4) is 0 Å². The average molecular weight is 340 g/mol. The average Bonchev–Trinajstić information content (AvgIpc) is 2.49. The van der Waals surface area contributed by atoms with E-state index in [1.54, 1.807) is 19.1 Å². The summed E-state index contributed by atoms with van der Waals surface area (Å²) in [5, 5.41) is 0. The van der Waals surface area contributed by atoms with Crippen LogP contribution in [0.2, 0.25) is 0 Å². The van der Waals surface area contributed by atoms with Crippen molar-refractivity contribution in [3.63, 3.8) is 0 Å². The van der Waals surface area contributed by atoms with E-state index in [-0.39, 0.29) is 24.4 Å².